The van der Waals surface area contributed by atoms with E-state index in [2.05, 4.69) is 18.5 Å². The molecule has 0 aromatic rings. The highest BCUT2D eigenvalue weighted by atomic mass is 31.2. The number of unbranched alkanes of at least 4 members (excludes halogenated alkanes) is 1. The summed E-state index contributed by atoms with van der Waals surface area (Å²) in [6.07, 6.45) is 4.34. The second-order valence-corrected chi connectivity index (χ2v) is 6.21. The second-order valence-electron chi connectivity index (χ2n) is 3.95. The lowest BCUT2D eigenvalue weighted by Crippen LogP contribution is -2.22. The third-order valence-corrected chi connectivity index (χ3v) is 5.44. The molecule has 0 radical (unpaired) electrons. The van der Waals surface area contributed by atoms with E-state index in [1.54, 1.807) is 6.08 Å². The molecule has 0 amide bonds. The molecule has 1 atom stereocenters. The molecule has 0 saturated heterocycles. The minimum Gasteiger partial charge on any atom is -0.307 e. The maximum Gasteiger partial charge on any atom is 0.364 e. The molecule has 0 fully saturated rings. The zero-order valence-electron chi connectivity index (χ0n) is 10.9. The maximum atomic E-state index is 12.8. The van der Waals surface area contributed by atoms with Crippen LogP contribution < -0.4 is 0 Å². The molecule has 1 aliphatic rings. The number of hydrogen-bond donors (Lipinski definition) is 0. The van der Waals surface area contributed by atoms with E-state index < -0.39 is 12.9 Å². The van der Waals surface area contributed by atoms with Crippen molar-refractivity contribution in [3.05, 3.63) is 12.7 Å². The SMILES string of the molecule is C=CC1=NC1(CCCC)P(=O)(OCC)OCC. The highest BCUT2D eigenvalue weighted by Crippen LogP contribution is 2.68. The monoisotopic (exact) mass is 259 g/mol. The molecule has 0 aliphatic carbocycles. The Bertz CT molecular complexity index is 344. The molecule has 17 heavy (non-hydrogen) atoms. The van der Waals surface area contributed by atoms with Crippen molar-refractivity contribution in [2.24, 2.45) is 4.99 Å². The minimum absolute atomic E-state index is 0.366. The van der Waals surface area contributed by atoms with Gasteiger partial charge in [-0.05, 0) is 26.3 Å². The fourth-order valence-corrected chi connectivity index (χ4v) is 4.13. The van der Waals surface area contributed by atoms with Gasteiger partial charge in [-0.3, -0.25) is 9.56 Å². The summed E-state index contributed by atoms with van der Waals surface area (Å²) in [5.74, 6) is 0. The van der Waals surface area contributed by atoms with Crippen molar-refractivity contribution >= 4 is 13.3 Å². The van der Waals surface area contributed by atoms with Gasteiger partial charge in [0.15, 0.2) is 0 Å². The highest BCUT2D eigenvalue weighted by Gasteiger charge is 2.61. The van der Waals surface area contributed by atoms with E-state index in [1.807, 2.05) is 13.8 Å². The van der Waals surface area contributed by atoms with Crippen LogP contribution in [0.25, 0.3) is 0 Å². The van der Waals surface area contributed by atoms with Gasteiger partial charge in [0.2, 0.25) is 5.28 Å². The molecule has 0 aromatic heterocycles. The average molecular weight is 259 g/mol. The van der Waals surface area contributed by atoms with Crippen molar-refractivity contribution in [1.82, 2.24) is 0 Å². The topological polar surface area (TPSA) is 47.9 Å². The summed E-state index contributed by atoms with van der Waals surface area (Å²) < 4.78 is 23.6. The first-order chi connectivity index (χ1) is 8.10. The Morgan fingerprint density at radius 3 is 2.29 bits per heavy atom. The van der Waals surface area contributed by atoms with E-state index in [4.69, 9.17) is 9.05 Å². The molecule has 0 spiro atoms. The molecule has 5 heteroatoms. The lowest BCUT2D eigenvalue weighted by molar-refractivity contribution is 0.208. The smallest absolute Gasteiger partial charge is 0.307 e. The lowest BCUT2D eigenvalue weighted by atomic mass is 10.1. The fourth-order valence-electron chi connectivity index (χ4n) is 1.92. The van der Waals surface area contributed by atoms with Crippen LogP contribution in [0.3, 0.4) is 0 Å². The van der Waals surface area contributed by atoms with Crippen molar-refractivity contribution in [1.29, 1.82) is 0 Å². The number of aliphatic imine (C=N–C) groups is 1. The summed E-state index contributed by atoms with van der Waals surface area (Å²) in [6, 6.07) is 0. The van der Waals surface area contributed by atoms with Crippen LogP contribution in [0, 0.1) is 0 Å². The van der Waals surface area contributed by atoms with E-state index in [1.165, 1.54) is 0 Å². The van der Waals surface area contributed by atoms with Crippen LogP contribution in [0.15, 0.2) is 17.6 Å². The van der Waals surface area contributed by atoms with E-state index >= 15 is 0 Å². The van der Waals surface area contributed by atoms with Crippen molar-refractivity contribution in [3.8, 4) is 0 Å². The first-order valence-electron chi connectivity index (χ1n) is 6.22. The molecule has 0 N–H and O–H groups in total. The van der Waals surface area contributed by atoms with E-state index in [0.29, 0.717) is 19.6 Å². The van der Waals surface area contributed by atoms with Crippen molar-refractivity contribution in [2.75, 3.05) is 13.2 Å². The van der Waals surface area contributed by atoms with Gasteiger partial charge in [-0.2, -0.15) is 0 Å². The third-order valence-electron chi connectivity index (χ3n) is 2.79. The summed E-state index contributed by atoms with van der Waals surface area (Å²) in [4.78, 5) is 4.34. The molecule has 98 valence electrons. The lowest BCUT2D eigenvalue weighted by Gasteiger charge is -2.25. The van der Waals surface area contributed by atoms with Crippen LogP contribution in [0.5, 0.6) is 0 Å². The molecule has 0 bridgehead atoms. The summed E-state index contributed by atoms with van der Waals surface area (Å²) in [6.45, 7) is 10.2. The standard InChI is InChI=1S/C12H22NO3P/c1-5-9-10-12(11(6-2)13-12)17(14,15-7-3)16-8-4/h6H,2,5,7-10H2,1,3-4H3. The van der Waals surface area contributed by atoms with Crippen molar-refractivity contribution < 1.29 is 13.6 Å². The first kappa shape index (κ1) is 14.6. The average Bonchev–Trinajstić information content (AvgIpc) is 3.02. The maximum absolute atomic E-state index is 12.8. The predicted molar refractivity (Wildman–Crippen MR) is 70.7 cm³/mol. The number of rotatable bonds is 9. The third kappa shape index (κ3) is 2.70. The normalized spacial score (nSPS) is 23.4. The van der Waals surface area contributed by atoms with Crippen molar-refractivity contribution in [2.45, 2.75) is 45.3 Å². The predicted octanol–water partition coefficient (Wildman–Crippen LogP) is 3.78. The molecule has 1 rings (SSSR count). The minimum atomic E-state index is -3.19. The van der Waals surface area contributed by atoms with Gasteiger partial charge in [0.05, 0.1) is 18.9 Å². The van der Waals surface area contributed by atoms with Crippen LogP contribution in [0.4, 0.5) is 0 Å². The summed E-state index contributed by atoms with van der Waals surface area (Å²) >= 11 is 0. The van der Waals surface area contributed by atoms with Gasteiger partial charge in [-0.25, -0.2) is 0 Å². The molecule has 4 nitrogen and oxygen atoms in total. The first-order valence-corrected chi connectivity index (χ1v) is 7.76. The van der Waals surface area contributed by atoms with Gasteiger partial charge >= 0.3 is 7.60 Å². The van der Waals surface area contributed by atoms with Gasteiger partial charge in [0.1, 0.15) is 0 Å². The zero-order valence-corrected chi connectivity index (χ0v) is 11.8. The fraction of sp³-hybridized carbons (Fsp3) is 0.750. The Morgan fingerprint density at radius 2 is 1.94 bits per heavy atom. The molecule has 1 unspecified atom stereocenters. The summed E-state index contributed by atoms with van der Waals surface area (Å²) in [5, 5.41) is -0.739. The Morgan fingerprint density at radius 1 is 1.35 bits per heavy atom. The van der Waals surface area contributed by atoms with Gasteiger partial charge in [0, 0.05) is 0 Å². The Kier molecular flexibility index (Phi) is 5.11. The van der Waals surface area contributed by atoms with Crippen LogP contribution in [0.1, 0.15) is 40.0 Å². The van der Waals surface area contributed by atoms with E-state index in [0.717, 1.165) is 18.6 Å². The van der Waals surface area contributed by atoms with Crippen LogP contribution in [0.2, 0.25) is 0 Å². The molecule has 0 saturated carbocycles. The Labute approximate surface area is 104 Å². The quantitative estimate of drug-likeness (QED) is 0.592. The largest absolute Gasteiger partial charge is 0.364 e. The molecule has 1 heterocycles. The van der Waals surface area contributed by atoms with Gasteiger partial charge < -0.3 is 9.05 Å². The molecular weight excluding hydrogens is 237 g/mol. The van der Waals surface area contributed by atoms with E-state index in [-0.39, 0.29) is 0 Å². The van der Waals surface area contributed by atoms with Gasteiger partial charge in [-0.15, -0.1) is 0 Å². The van der Waals surface area contributed by atoms with Crippen molar-refractivity contribution in [3.63, 3.8) is 0 Å². The van der Waals surface area contributed by atoms with Crippen LogP contribution in [-0.2, 0) is 13.6 Å². The molecular formula is C12H22NO3P. The van der Waals surface area contributed by atoms with Crippen LogP contribution >= 0.6 is 7.60 Å². The van der Waals surface area contributed by atoms with Gasteiger partial charge in [-0.1, -0.05) is 26.3 Å². The summed E-state index contributed by atoms with van der Waals surface area (Å²) in [7, 11) is -3.19. The molecule has 0 aromatic carbocycles. The van der Waals surface area contributed by atoms with Gasteiger partial charge in [0.25, 0.3) is 0 Å². The number of hydrogen-bond acceptors (Lipinski definition) is 4. The summed E-state index contributed by atoms with van der Waals surface area (Å²) in [5.41, 5.74) is 0.760. The highest BCUT2D eigenvalue weighted by molar-refractivity contribution is 7.57. The van der Waals surface area contributed by atoms with E-state index in [9.17, 15) is 4.57 Å². The Hall–Kier alpha value is -0.440. The zero-order chi connectivity index (χ0) is 12.9. The number of nitrogens with zero attached hydrogens (tertiary/aromatic N) is 1. The Balaban J connectivity index is 2.88. The van der Waals surface area contributed by atoms with Crippen LogP contribution in [-0.4, -0.2) is 24.2 Å². The molecule has 1 aliphatic heterocycles. The second kappa shape index (κ2) is 5.94.